The van der Waals surface area contributed by atoms with Gasteiger partial charge in [0.2, 0.25) is 0 Å². The van der Waals surface area contributed by atoms with Crippen molar-refractivity contribution in [3.8, 4) is 0 Å². The maximum absolute atomic E-state index is 9.37. The number of H-pyrrole nitrogens is 1. The lowest BCUT2D eigenvalue weighted by Gasteiger charge is -2.15. The van der Waals surface area contributed by atoms with Crippen molar-refractivity contribution in [2.75, 3.05) is 6.61 Å². The molecule has 4 nitrogen and oxygen atoms in total. The summed E-state index contributed by atoms with van der Waals surface area (Å²) in [6, 6.07) is 3.99. The lowest BCUT2D eigenvalue weighted by molar-refractivity contribution is 0.245. The summed E-state index contributed by atoms with van der Waals surface area (Å²) in [4.78, 5) is 1.20. The zero-order valence-corrected chi connectivity index (χ0v) is 9.92. The zero-order valence-electron chi connectivity index (χ0n) is 9.10. The molecule has 0 radical (unpaired) electrons. The SMILES string of the molecule is Cc1ccsc1C(CO)NCc1ccn[nH]1. The number of aliphatic hydroxyl groups is 1. The minimum atomic E-state index is 0.00306. The van der Waals surface area contributed by atoms with Gasteiger partial charge in [-0.25, -0.2) is 0 Å². The van der Waals surface area contributed by atoms with E-state index in [1.54, 1.807) is 17.5 Å². The molecule has 5 heteroatoms. The summed E-state index contributed by atoms with van der Waals surface area (Å²) in [6.45, 7) is 2.85. The molecule has 0 aromatic carbocycles. The van der Waals surface area contributed by atoms with Crippen molar-refractivity contribution in [3.63, 3.8) is 0 Å². The third-order valence-corrected chi connectivity index (χ3v) is 3.63. The number of thiophene rings is 1. The van der Waals surface area contributed by atoms with E-state index in [2.05, 4.69) is 28.5 Å². The van der Waals surface area contributed by atoms with Crippen LogP contribution in [0.15, 0.2) is 23.7 Å². The molecule has 0 aliphatic rings. The molecule has 3 N–H and O–H groups in total. The molecule has 1 atom stereocenters. The minimum absolute atomic E-state index is 0.00306. The largest absolute Gasteiger partial charge is 0.394 e. The molecule has 2 aromatic rings. The smallest absolute Gasteiger partial charge is 0.0655 e. The van der Waals surface area contributed by atoms with Crippen LogP contribution in [0.25, 0.3) is 0 Å². The molecule has 16 heavy (non-hydrogen) atoms. The van der Waals surface area contributed by atoms with Crippen LogP contribution in [0.1, 0.15) is 22.2 Å². The molecule has 0 saturated carbocycles. The molecule has 0 fully saturated rings. The molecule has 0 spiro atoms. The Morgan fingerprint density at radius 2 is 2.44 bits per heavy atom. The highest BCUT2D eigenvalue weighted by Gasteiger charge is 2.13. The van der Waals surface area contributed by atoms with Gasteiger partial charge in [0.1, 0.15) is 0 Å². The first kappa shape index (κ1) is 11.3. The molecular weight excluding hydrogens is 222 g/mol. The summed E-state index contributed by atoms with van der Waals surface area (Å²) >= 11 is 1.67. The fourth-order valence-corrected chi connectivity index (χ4v) is 2.59. The van der Waals surface area contributed by atoms with Gasteiger partial charge in [-0.3, -0.25) is 5.10 Å². The zero-order chi connectivity index (χ0) is 11.4. The number of rotatable bonds is 5. The second-order valence-electron chi connectivity index (χ2n) is 3.67. The number of aryl methyl sites for hydroxylation is 1. The average molecular weight is 237 g/mol. The Morgan fingerprint density at radius 1 is 1.56 bits per heavy atom. The standard InChI is InChI=1S/C11H15N3OS/c1-8-3-5-16-11(8)10(7-15)12-6-9-2-4-13-14-9/h2-5,10,12,15H,6-7H2,1H3,(H,13,14). The maximum Gasteiger partial charge on any atom is 0.0655 e. The Labute approximate surface area is 98.3 Å². The van der Waals surface area contributed by atoms with Gasteiger partial charge < -0.3 is 10.4 Å². The van der Waals surface area contributed by atoms with Gasteiger partial charge in [-0.15, -0.1) is 11.3 Å². The lowest BCUT2D eigenvalue weighted by Crippen LogP contribution is -2.23. The van der Waals surface area contributed by atoms with E-state index in [9.17, 15) is 5.11 Å². The van der Waals surface area contributed by atoms with Gasteiger partial charge in [-0.1, -0.05) is 0 Å². The van der Waals surface area contributed by atoms with Gasteiger partial charge in [-0.2, -0.15) is 5.10 Å². The fraction of sp³-hybridized carbons (Fsp3) is 0.364. The van der Waals surface area contributed by atoms with Crippen molar-refractivity contribution < 1.29 is 5.11 Å². The maximum atomic E-state index is 9.37. The molecule has 1 unspecified atom stereocenters. The van der Waals surface area contributed by atoms with Crippen molar-refractivity contribution >= 4 is 11.3 Å². The van der Waals surface area contributed by atoms with Gasteiger partial charge in [0.05, 0.1) is 12.6 Å². The minimum Gasteiger partial charge on any atom is -0.394 e. The van der Waals surface area contributed by atoms with Crippen LogP contribution in [0.5, 0.6) is 0 Å². The molecular formula is C11H15N3OS. The van der Waals surface area contributed by atoms with E-state index >= 15 is 0 Å². The molecule has 0 bridgehead atoms. The second-order valence-corrected chi connectivity index (χ2v) is 4.61. The van der Waals surface area contributed by atoms with Crippen molar-refractivity contribution in [3.05, 3.63) is 39.8 Å². The van der Waals surface area contributed by atoms with Crippen molar-refractivity contribution in [1.29, 1.82) is 0 Å². The Hall–Kier alpha value is -1.17. The molecule has 2 heterocycles. The normalized spacial score (nSPS) is 12.9. The molecule has 0 aliphatic heterocycles. The highest BCUT2D eigenvalue weighted by Crippen LogP contribution is 2.23. The van der Waals surface area contributed by atoms with Gasteiger partial charge in [0, 0.05) is 23.3 Å². The average Bonchev–Trinajstić information content (AvgIpc) is 2.92. The predicted octanol–water partition coefficient (Wildman–Crippen LogP) is 1.60. The summed E-state index contributed by atoms with van der Waals surface area (Å²) in [6.07, 6.45) is 1.72. The molecule has 2 aromatic heterocycles. The summed E-state index contributed by atoms with van der Waals surface area (Å²) in [5, 5.41) is 21.5. The van der Waals surface area contributed by atoms with Gasteiger partial charge >= 0.3 is 0 Å². The van der Waals surface area contributed by atoms with Crippen LogP contribution >= 0.6 is 11.3 Å². The van der Waals surface area contributed by atoms with Crippen LogP contribution in [0.4, 0.5) is 0 Å². The Bertz CT molecular complexity index is 424. The highest BCUT2D eigenvalue weighted by molar-refractivity contribution is 7.10. The quantitative estimate of drug-likeness (QED) is 0.740. The fourth-order valence-electron chi connectivity index (χ4n) is 1.60. The number of nitrogens with one attached hydrogen (secondary N) is 2. The topological polar surface area (TPSA) is 60.9 Å². The lowest BCUT2D eigenvalue weighted by atomic mass is 10.2. The number of aromatic nitrogens is 2. The van der Waals surface area contributed by atoms with Crippen LogP contribution in [0.2, 0.25) is 0 Å². The predicted molar refractivity (Wildman–Crippen MR) is 64.3 cm³/mol. The first-order valence-corrected chi connectivity index (χ1v) is 6.05. The molecule has 0 aliphatic carbocycles. The summed E-state index contributed by atoms with van der Waals surface area (Å²) < 4.78 is 0. The van der Waals surface area contributed by atoms with E-state index in [-0.39, 0.29) is 12.6 Å². The number of aromatic amines is 1. The van der Waals surface area contributed by atoms with E-state index in [1.165, 1.54) is 10.4 Å². The van der Waals surface area contributed by atoms with Crippen LogP contribution in [0.3, 0.4) is 0 Å². The summed E-state index contributed by atoms with van der Waals surface area (Å²) in [5.41, 5.74) is 2.24. The van der Waals surface area contributed by atoms with Gasteiger partial charge in [-0.05, 0) is 30.0 Å². The third kappa shape index (κ3) is 2.49. The van der Waals surface area contributed by atoms with Crippen LogP contribution < -0.4 is 5.32 Å². The monoisotopic (exact) mass is 237 g/mol. The van der Waals surface area contributed by atoms with Gasteiger partial charge in [0.15, 0.2) is 0 Å². The van der Waals surface area contributed by atoms with Crippen molar-refractivity contribution in [2.45, 2.75) is 19.5 Å². The molecule has 0 amide bonds. The van der Waals surface area contributed by atoms with Crippen LogP contribution in [0, 0.1) is 6.92 Å². The number of nitrogens with zero attached hydrogens (tertiary/aromatic N) is 1. The Balaban J connectivity index is 1.99. The van der Waals surface area contributed by atoms with E-state index < -0.39 is 0 Å². The van der Waals surface area contributed by atoms with Crippen molar-refractivity contribution in [1.82, 2.24) is 15.5 Å². The second kappa shape index (κ2) is 5.25. The van der Waals surface area contributed by atoms with E-state index in [1.807, 2.05) is 11.4 Å². The first-order valence-electron chi connectivity index (χ1n) is 5.17. The molecule has 2 rings (SSSR count). The summed E-state index contributed by atoms with van der Waals surface area (Å²) in [5.74, 6) is 0. The summed E-state index contributed by atoms with van der Waals surface area (Å²) in [7, 11) is 0. The van der Waals surface area contributed by atoms with E-state index in [0.29, 0.717) is 6.54 Å². The highest BCUT2D eigenvalue weighted by atomic mass is 32.1. The van der Waals surface area contributed by atoms with Crippen LogP contribution in [-0.2, 0) is 6.54 Å². The Kier molecular flexibility index (Phi) is 3.71. The van der Waals surface area contributed by atoms with Crippen molar-refractivity contribution in [2.24, 2.45) is 0 Å². The number of hydrogen-bond acceptors (Lipinski definition) is 4. The Morgan fingerprint density at radius 3 is 3.00 bits per heavy atom. The third-order valence-electron chi connectivity index (χ3n) is 2.50. The van der Waals surface area contributed by atoms with E-state index in [0.717, 1.165) is 5.69 Å². The molecule has 0 saturated heterocycles. The first-order chi connectivity index (χ1) is 7.81. The van der Waals surface area contributed by atoms with Crippen LogP contribution in [-0.4, -0.2) is 21.9 Å². The van der Waals surface area contributed by atoms with Gasteiger partial charge in [0.25, 0.3) is 0 Å². The van der Waals surface area contributed by atoms with E-state index in [4.69, 9.17) is 0 Å². The number of hydrogen-bond donors (Lipinski definition) is 3. The number of aliphatic hydroxyl groups excluding tert-OH is 1. The molecule has 86 valence electrons.